The average molecular weight is 503 g/mol. The number of hydrogen-bond acceptors (Lipinski definition) is 4. The minimum Gasteiger partial charge on any atom is -0.481 e. The first-order valence-corrected chi connectivity index (χ1v) is 12.6. The quantitative estimate of drug-likeness (QED) is 0.322. The number of hydrogen-bond donors (Lipinski definition) is 1. The molecule has 2 aliphatic rings. The van der Waals surface area contributed by atoms with Gasteiger partial charge in [0.25, 0.3) is 0 Å². The number of aryl methyl sites for hydroxylation is 1. The zero-order chi connectivity index (χ0) is 25.7. The molecule has 0 atom stereocenters. The first-order chi connectivity index (χ1) is 17.2. The summed E-state index contributed by atoms with van der Waals surface area (Å²) in [5.41, 5.74) is 3.64. The van der Waals surface area contributed by atoms with E-state index >= 15 is 0 Å². The molecule has 1 saturated heterocycles. The Morgan fingerprint density at radius 1 is 1.11 bits per heavy atom. The first kappa shape index (κ1) is 26.2. The molecule has 36 heavy (non-hydrogen) atoms. The van der Waals surface area contributed by atoms with Crippen molar-refractivity contribution in [1.29, 1.82) is 0 Å². The standard InChI is InChI=1S/C28H33F3N2O3/c1-19-13-20(7-9-23(19)15-33-16-24(17-33)27(34)35)11-12-32-36-18-21-8-10-25(22-5-3-2-4-6-22)26(14-21)28(29,30)31/h7-10,12-14,22,24H,2-6,11,15-18H2,1H3,(H,34,35). The number of aliphatic carboxylic acids is 1. The SMILES string of the molecule is Cc1cc(CC=NOCc2ccc(C3CCCCC3)c(C(F)(F)F)c2)ccc1CN1CC(C(=O)O)C1. The van der Waals surface area contributed by atoms with Crippen LogP contribution in [0.2, 0.25) is 0 Å². The molecule has 1 aliphatic heterocycles. The average Bonchev–Trinajstić information content (AvgIpc) is 2.81. The molecule has 194 valence electrons. The van der Waals surface area contributed by atoms with Crippen molar-refractivity contribution in [3.8, 4) is 0 Å². The second-order valence-corrected chi connectivity index (χ2v) is 10.0. The maximum Gasteiger partial charge on any atom is 0.416 e. The number of oxime groups is 1. The number of nitrogens with zero attached hydrogens (tertiary/aromatic N) is 2. The van der Waals surface area contributed by atoms with E-state index in [9.17, 15) is 18.0 Å². The molecule has 2 aromatic rings. The molecule has 0 amide bonds. The Labute approximate surface area is 209 Å². The summed E-state index contributed by atoms with van der Waals surface area (Å²) in [5.74, 6) is -1.03. The lowest BCUT2D eigenvalue weighted by molar-refractivity contribution is -0.147. The van der Waals surface area contributed by atoms with Crippen molar-refractivity contribution in [3.05, 3.63) is 69.8 Å². The van der Waals surface area contributed by atoms with Crippen LogP contribution < -0.4 is 0 Å². The second-order valence-electron chi connectivity index (χ2n) is 10.0. The van der Waals surface area contributed by atoms with E-state index in [-0.39, 0.29) is 18.4 Å². The van der Waals surface area contributed by atoms with Gasteiger partial charge >= 0.3 is 12.1 Å². The number of rotatable bonds is 9. The molecule has 0 bridgehead atoms. The maximum atomic E-state index is 13.7. The van der Waals surface area contributed by atoms with Gasteiger partial charge in [0.2, 0.25) is 0 Å². The van der Waals surface area contributed by atoms with Gasteiger partial charge in [-0.05, 0) is 59.6 Å². The molecule has 1 heterocycles. The third-order valence-corrected chi connectivity index (χ3v) is 7.28. The van der Waals surface area contributed by atoms with Crippen molar-refractivity contribution < 1.29 is 27.9 Å². The Morgan fingerprint density at radius 3 is 2.50 bits per heavy atom. The zero-order valence-electron chi connectivity index (χ0n) is 20.6. The van der Waals surface area contributed by atoms with E-state index in [4.69, 9.17) is 9.94 Å². The van der Waals surface area contributed by atoms with Gasteiger partial charge in [0, 0.05) is 32.3 Å². The van der Waals surface area contributed by atoms with E-state index in [2.05, 4.69) is 16.1 Å². The predicted octanol–water partition coefficient (Wildman–Crippen LogP) is 6.32. The fourth-order valence-corrected chi connectivity index (χ4v) is 5.17. The lowest BCUT2D eigenvalue weighted by Crippen LogP contribution is -2.49. The summed E-state index contributed by atoms with van der Waals surface area (Å²) in [6.07, 6.45) is 2.46. The van der Waals surface area contributed by atoms with Gasteiger partial charge in [-0.1, -0.05) is 54.8 Å². The van der Waals surface area contributed by atoms with Crippen LogP contribution in [0.4, 0.5) is 13.2 Å². The van der Waals surface area contributed by atoms with E-state index in [1.807, 2.05) is 19.1 Å². The van der Waals surface area contributed by atoms with Crippen molar-refractivity contribution in [2.75, 3.05) is 13.1 Å². The fourth-order valence-electron chi connectivity index (χ4n) is 5.17. The summed E-state index contributed by atoms with van der Waals surface area (Å²) >= 11 is 0. The highest BCUT2D eigenvalue weighted by atomic mass is 19.4. The molecule has 0 unspecified atom stereocenters. The fraction of sp³-hybridized carbons (Fsp3) is 0.500. The summed E-state index contributed by atoms with van der Waals surface area (Å²) in [4.78, 5) is 18.4. The minimum atomic E-state index is -4.39. The van der Waals surface area contributed by atoms with E-state index in [0.717, 1.165) is 55.3 Å². The van der Waals surface area contributed by atoms with Crippen molar-refractivity contribution in [1.82, 2.24) is 4.90 Å². The molecule has 1 N–H and O–H groups in total. The second kappa shape index (κ2) is 11.5. The van der Waals surface area contributed by atoms with E-state index in [0.29, 0.717) is 30.6 Å². The van der Waals surface area contributed by atoms with Crippen molar-refractivity contribution in [3.63, 3.8) is 0 Å². The van der Waals surface area contributed by atoms with Crippen LogP contribution >= 0.6 is 0 Å². The predicted molar refractivity (Wildman–Crippen MR) is 132 cm³/mol. The van der Waals surface area contributed by atoms with E-state index in [1.165, 1.54) is 6.07 Å². The van der Waals surface area contributed by atoms with Crippen LogP contribution in [0.25, 0.3) is 0 Å². The number of benzene rings is 2. The monoisotopic (exact) mass is 502 g/mol. The Morgan fingerprint density at radius 2 is 1.83 bits per heavy atom. The molecule has 2 fully saturated rings. The summed E-state index contributed by atoms with van der Waals surface area (Å²) in [7, 11) is 0. The van der Waals surface area contributed by atoms with Crippen molar-refractivity contribution in [2.45, 2.75) is 70.7 Å². The number of carboxylic acids is 1. The van der Waals surface area contributed by atoms with Crippen LogP contribution in [-0.4, -0.2) is 35.3 Å². The Bertz CT molecular complexity index is 1090. The molecule has 5 nitrogen and oxygen atoms in total. The maximum absolute atomic E-state index is 13.7. The summed E-state index contributed by atoms with van der Waals surface area (Å²) in [6.45, 7) is 3.89. The number of alkyl halides is 3. The largest absolute Gasteiger partial charge is 0.481 e. The van der Waals surface area contributed by atoms with Gasteiger partial charge in [0.1, 0.15) is 6.61 Å². The van der Waals surface area contributed by atoms with E-state index < -0.39 is 17.7 Å². The van der Waals surface area contributed by atoms with Crippen LogP contribution in [0.1, 0.15) is 71.4 Å². The highest BCUT2D eigenvalue weighted by Crippen LogP contribution is 2.41. The third kappa shape index (κ3) is 6.66. The van der Waals surface area contributed by atoms with Crippen LogP contribution in [0.3, 0.4) is 0 Å². The number of halogens is 3. The summed E-state index contributed by atoms with van der Waals surface area (Å²) in [5, 5.41) is 12.9. The number of carbonyl (C=O) groups is 1. The van der Waals surface area contributed by atoms with Crippen LogP contribution in [0, 0.1) is 12.8 Å². The van der Waals surface area contributed by atoms with Crippen LogP contribution in [0.15, 0.2) is 41.6 Å². The summed E-state index contributed by atoms with van der Waals surface area (Å²) < 4.78 is 41.2. The first-order valence-electron chi connectivity index (χ1n) is 12.6. The molecule has 4 rings (SSSR count). The third-order valence-electron chi connectivity index (χ3n) is 7.28. The molecular weight excluding hydrogens is 469 g/mol. The Kier molecular flexibility index (Phi) is 8.34. The van der Waals surface area contributed by atoms with Crippen molar-refractivity contribution >= 4 is 12.2 Å². The lowest BCUT2D eigenvalue weighted by Gasteiger charge is -2.36. The highest BCUT2D eigenvalue weighted by molar-refractivity contribution is 5.71. The Hall–Kier alpha value is -2.87. The number of likely N-dealkylation sites (tertiary alicyclic amines) is 1. The van der Waals surface area contributed by atoms with Gasteiger partial charge in [-0.3, -0.25) is 9.69 Å². The van der Waals surface area contributed by atoms with Gasteiger partial charge in [-0.15, -0.1) is 0 Å². The van der Waals surface area contributed by atoms with Crippen LogP contribution in [-0.2, 0) is 35.4 Å². The van der Waals surface area contributed by atoms with Crippen LogP contribution in [0.5, 0.6) is 0 Å². The highest BCUT2D eigenvalue weighted by Gasteiger charge is 2.36. The Balaban J connectivity index is 1.28. The lowest BCUT2D eigenvalue weighted by atomic mass is 9.81. The molecule has 1 saturated carbocycles. The molecule has 0 spiro atoms. The molecule has 0 aromatic heterocycles. The molecule has 8 heteroatoms. The smallest absolute Gasteiger partial charge is 0.416 e. The van der Waals surface area contributed by atoms with Gasteiger partial charge < -0.3 is 9.94 Å². The van der Waals surface area contributed by atoms with E-state index in [1.54, 1.807) is 18.3 Å². The zero-order valence-corrected chi connectivity index (χ0v) is 20.6. The van der Waals surface area contributed by atoms with Gasteiger partial charge in [0.05, 0.1) is 11.5 Å². The van der Waals surface area contributed by atoms with Crippen molar-refractivity contribution in [2.24, 2.45) is 11.1 Å². The van der Waals surface area contributed by atoms with Gasteiger partial charge in [-0.25, -0.2) is 0 Å². The minimum absolute atomic E-state index is 0.0182. The molecular formula is C28H33F3N2O3. The van der Waals surface area contributed by atoms with Gasteiger partial charge in [0.15, 0.2) is 0 Å². The topological polar surface area (TPSA) is 62.1 Å². The number of carboxylic acid groups (broad SMARTS) is 1. The summed E-state index contributed by atoms with van der Waals surface area (Å²) in [6, 6.07) is 10.7. The normalized spacial score (nSPS) is 17.9. The molecule has 2 aromatic carbocycles. The molecule has 0 radical (unpaired) electrons. The van der Waals surface area contributed by atoms with Gasteiger partial charge in [-0.2, -0.15) is 13.2 Å². The molecule has 1 aliphatic carbocycles.